The fraction of sp³-hybridized carbons (Fsp3) is 0.909. The molecular formula is C22H48N2O8S2Si2. The van der Waals surface area contributed by atoms with Crippen molar-refractivity contribution in [3.05, 3.63) is 0 Å². The summed E-state index contributed by atoms with van der Waals surface area (Å²) < 4.78 is 34.9. The third-order valence-corrected chi connectivity index (χ3v) is 12.8. The van der Waals surface area contributed by atoms with Gasteiger partial charge < -0.3 is 37.2 Å². The van der Waals surface area contributed by atoms with Gasteiger partial charge >= 0.3 is 17.6 Å². The second kappa shape index (κ2) is 22.8. The molecule has 0 unspecified atom stereocenters. The maximum absolute atomic E-state index is 12.1. The number of hydrogen-bond donors (Lipinski definition) is 2. The number of nitrogens with one attached hydrogen (secondary N) is 2. The van der Waals surface area contributed by atoms with E-state index in [0.29, 0.717) is 76.3 Å². The third-order valence-electron chi connectivity index (χ3n) is 4.59. The van der Waals surface area contributed by atoms with E-state index in [1.165, 1.54) is 23.5 Å². The van der Waals surface area contributed by atoms with Gasteiger partial charge in [-0.3, -0.25) is 9.59 Å². The number of amides is 2. The highest BCUT2D eigenvalue weighted by molar-refractivity contribution is 8.16. The van der Waals surface area contributed by atoms with Gasteiger partial charge in [-0.05, 0) is 54.4 Å². The predicted molar refractivity (Wildman–Crippen MR) is 152 cm³/mol. The van der Waals surface area contributed by atoms with E-state index < -0.39 is 17.6 Å². The maximum Gasteiger partial charge on any atom is 0.500 e. The van der Waals surface area contributed by atoms with Gasteiger partial charge in [-0.2, -0.15) is 0 Å². The van der Waals surface area contributed by atoms with E-state index in [0.717, 1.165) is 12.8 Å². The van der Waals surface area contributed by atoms with Gasteiger partial charge in [-0.1, -0.05) is 23.5 Å². The van der Waals surface area contributed by atoms with E-state index in [9.17, 15) is 9.59 Å². The van der Waals surface area contributed by atoms with Crippen LogP contribution >= 0.6 is 23.5 Å². The molecule has 0 aliphatic heterocycles. The first-order valence-electron chi connectivity index (χ1n) is 13.0. The molecule has 0 bridgehead atoms. The van der Waals surface area contributed by atoms with E-state index in [4.69, 9.17) is 26.6 Å². The zero-order valence-corrected chi connectivity index (χ0v) is 26.6. The fourth-order valence-electron chi connectivity index (χ4n) is 3.36. The van der Waals surface area contributed by atoms with Gasteiger partial charge in [0, 0.05) is 76.3 Å². The molecule has 0 aliphatic rings. The van der Waals surface area contributed by atoms with Crippen LogP contribution in [-0.4, -0.2) is 92.3 Å². The van der Waals surface area contributed by atoms with Crippen molar-refractivity contribution in [2.24, 2.45) is 0 Å². The lowest BCUT2D eigenvalue weighted by Gasteiger charge is -2.28. The number of thioether (sulfide) groups is 2. The van der Waals surface area contributed by atoms with Crippen LogP contribution < -0.4 is 10.6 Å². The van der Waals surface area contributed by atoms with Gasteiger partial charge in [-0.25, -0.2) is 0 Å². The highest BCUT2D eigenvalue weighted by Gasteiger charge is 2.40. The van der Waals surface area contributed by atoms with Crippen LogP contribution in [0.2, 0.25) is 12.1 Å². The molecule has 0 aromatic carbocycles. The Kier molecular flexibility index (Phi) is 22.7. The molecule has 214 valence electrons. The first kappa shape index (κ1) is 35.8. The number of carbonyl (C=O) groups excluding carboxylic acids is 2. The summed E-state index contributed by atoms with van der Waals surface area (Å²) in [6.07, 6.45) is 1.44. The lowest BCUT2D eigenvalue weighted by Crippen LogP contribution is -2.46. The van der Waals surface area contributed by atoms with Crippen LogP contribution in [0.4, 0.5) is 9.59 Å². The highest BCUT2D eigenvalue weighted by Crippen LogP contribution is 2.19. The Morgan fingerprint density at radius 1 is 0.556 bits per heavy atom. The molecule has 36 heavy (non-hydrogen) atoms. The predicted octanol–water partition coefficient (Wildman–Crippen LogP) is 4.75. The molecule has 0 aromatic heterocycles. The Balaban J connectivity index is 4.07. The quantitative estimate of drug-likeness (QED) is 0.128. The SMILES string of the molecule is CCO[Si](CCCNC(=O)SCCSC(=O)NCCC[Si](OCC)(OCC)OCC)(OCC)OCC. The van der Waals surface area contributed by atoms with Crippen LogP contribution in [0.5, 0.6) is 0 Å². The third kappa shape index (κ3) is 16.6. The van der Waals surface area contributed by atoms with E-state index in [1.807, 2.05) is 41.5 Å². The van der Waals surface area contributed by atoms with Crippen molar-refractivity contribution < 1.29 is 36.1 Å². The molecule has 10 nitrogen and oxygen atoms in total. The summed E-state index contributed by atoms with van der Waals surface area (Å²) in [4.78, 5) is 24.2. The Hall–Kier alpha value is -0.166. The van der Waals surface area contributed by atoms with Crippen molar-refractivity contribution in [3.8, 4) is 0 Å². The van der Waals surface area contributed by atoms with Crippen LogP contribution in [0.25, 0.3) is 0 Å². The molecule has 0 aliphatic carbocycles. The second-order valence-electron chi connectivity index (χ2n) is 7.30. The van der Waals surface area contributed by atoms with Crippen LogP contribution in [0.1, 0.15) is 54.4 Å². The van der Waals surface area contributed by atoms with Crippen LogP contribution in [0.3, 0.4) is 0 Å². The summed E-state index contributed by atoms with van der Waals surface area (Å²) in [7, 11) is -5.35. The van der Waals surface area contributed by atoms with Gasteiger partial charge in [-0.15, -0.1) is 0 Å². The van der Waals surface area contributed by atoms with Crippen molar-refractivity contribution in [1.29, 1.82) is 0 Å². The van der Waals surface area contributed by atoms with Gasteiger partial charge in [0.25, 0.3) is 10.5 Å². The number of hydrogen-bond acceptors (Lipinski definition) is 10. The molecule has 0 rings (SSSR count). The minimum atomic E-state index is -2.67. The first-order chi connectivity index (χ1) is 17.4. The van der Waals surface area contributed by atoms with Gasteiger partial charge in [0.05, 0.1) is 0 Å². The lowest BCUT2D eigenvalue weighted by molar-refractivity contribution is 0.0701. The summed E-state index contributed by atoms with van der Waals surface area (Å²) in [6.45, 7) is 15.8. The molecule has 14 heteroatoms. The second-order valence-corrected chi connectivity index (χ2v) is 14.9. The normalized spacial score (nSPS) is 12.1. The summed E-state index contributed by atoms with van der Waals surface area (Å²) in [5.74, 6) is 1.10. The summed E-state index contributed by atoms with van der Waals surface area (Å²) in [5.41, 5.74) is 0. The Morgan fingerprint density at radius 3 is 1.08 bits per heavy atom. The van der Waals surface area contributed by atoms with Crippen molar-refractivity contribution >= 4 is 51.6 Å². The topological polar surface area (TPSA) is 114 Å². The molecular weight excluding hydrogens is 541 g/mol. The van der Waals surface area contributed by atoms with E-state index in [2.05, 4.69) is 10.6 Å². The molecule has 0 aromatic rings. The fourth-order valence-corrected chi connectivity index (χ4v) is 10.0. The van der Waals surface area contributed by atoms with Crippen molar-refractivity contribution in [2.45, 2.75) is 66.5 Å². The van der Waals surface area contributed by atoms with Crippen LogP contribution in [-0.2, 0) is 26.6 Å². The van der Waals surface area contributed by atoms with Crippen molar-refractivity contribution in [2.75, 3.05) is 64.2 Å². The Bertz CT molecular complexity index is 500. The highest BCUT2D eigenvalue weighted by atomic mass is 32.2. The molecule has 0 heterocycles. The minimum absolute atomic E-state index is 0.100. The molecule has 0 atom stereocenters. The standard InChI is InChI=1S/C22H48N2O8S2Si2/c1-7-27-35(28-8-2,29-9-3)19-13-15-23-21(25)33-17-18-34-22(26)24-16-14-20-36(30-10-4,31-11-5)32-12-6/h7-20H2,1-6H3,(H,23,25)(H,24,26). The first-order valence-corrected chi connectivity index (χ1v) is 18.8. The van der Waals surface area contributed by atoms with E-state index >= 15 is 0 Å². The molecule has 2 amide bonds. The van der Waals surface area contributed by atoms with E-state index in [-0.39, 0.29) is 10.5 Å². The number of rotatable bonds is 23. The zero-order chi connectivity index (χ0) is 27.1. The Morgan fingerprint density at radius 2 is 0.833 bits per heavy atom. The monoisotopic (exact) mass is 588 g/mol. The van der Waals surface area contributed by atoms with Crippen LogP contribution in [0.15, 0.2) is 0 Å². The van der Waals surface area contributed by atoms with Gasteiger partial charge in [0.15, 0.2) is 0 Å². The summed E-state index contributed by atoms with van der Waals surface area (Å²) in [6, 6.07) is 1.32. The van der Waals surface area contributed by atoms with Crippen LogP contribution in [0, 0.1) is 0 Å². The zero-order valence-electron chi connectivity index (χ0n) is 23.0. The Labute approximate surface area is 228 Å². The summed E-state index contributed by atoms with van der Waals surface area (Å²) in [5, 5.41) is 5.59. The van der Waals surface area contributed by atoms with Gasteiger partial charge in [0.1, 0.15) is 0 Å². The number of carbonyl (C=O) groups is 2. The molecule has 0 radical (unpaired) electrons. The molecule has 0 fully saturated rings. The lowest BCUT2D eigenvalue weighted by atomic mass is 10.5. The molecule has 2 N–H and O–H groups in total. The van der Waals surface area contributed by atoms with Gasteiger partial charge in [0.2, 0.25) is 0 Å². The molecule has 0 saturated heterocycles. The van der Waals surface area contributed by atoms with Crippen molar-refractivity contribution in [1.82, 2.24) is 10.6 Å². The van der Waals surface area contributed by atoms with E-state index in [1.54, 1.807) is 0 Å². The minimum Gasteiger partial charge on any atom is -0.374 e. The average molecular weight is 589 g/mol. The maximum atomic E-state index is 12.1. The smallest absolute Gasteiger partial charge is 0.374 e. The summed E-state index contributed by atoms with van der Waals surface area (Å²) >= 11 is 2.36. The van der Waals surface area contributed by atoms with Crippen molar-refractivity contribution in [3.63, 3.8) is 0 Å². The largest absolute Gasteiger partial charge is 0.500 e. The molecule has 0 saturated carbocycles. The average Bonchev–Trinajstić information content (AvgIpc) is 2.83. The molecule has 0 spiro atoms.